The molecule has 0 amide bonds. The monoisotopic (exact) mass is 856 g/mol. The quantitative estimate of drug-likeness (QED) is 0.115. The van der Waals surface area contributed by atoms with Crippen molar-refractivity contribution in [2.75, 3.05) is 4.90 Å². The molecule has 11 rings (SSSR count). The number of aromatic nitrogens is 1. The number of anilines is 1. The normalized spacial score (nSPS) is 20.8. The maximum Gasteiger partial charge on any atom is 0.418 e. The first-order valence-electron chi connectivity index (χ1n) is 23.0. The van der Waals surface area contributed by atoms with Crippen molar-refractivity contribution in [3.05, 3.63) is 210 Å². The van der Waals surface area contributed by atoms with Crippen LogP contribution in [-0.4, -0.2) is 16.1 Å². The van der Waals surface area contributed by atoms with Gasteiger partial charge in [-0.05, 0) is 130 Å². The highest BCUT2D eigenvalue weighted by atomic mass is 19.4. The van der Waals surface area contributed by atoms with Gasteiger partial charge in [-0.15, -0.1) is 0 Å². The molecule has 65 heavy (non-hydrogen) atoms. The summed E-state index contributed by atoms with van der Waals surface area (Å²) in [6.07, 6.45) is 13.5. The summed E-state index contributed by atoms with van der Waals surface area (Å²) in [6, 6.07) is 51.6. The number of para-hydroxylation sites is 2. The molecule has 0 bridgehead atoms. The predicted octanol–water partition coefficient (Wildman–Crippen LogP) is 16.6. The number of halogens is 3. The lowest BCUT2D eigenvalue weighted by Gasteiger charge is -2.50. The molecule has 3 aliphatic carbocycles. The van der Waals surface area contributed by atoms with Gasteiger partial charge >= 0.3 is 6.18 Å². The molecule has 7 aromatic carbocycles. The third kappa shape index (κ3) is 6.95. The standard InChI is InChI=1S/C60H51F3N2/c1-39-36-43(57-49-23-10-8-21-47(49)56(42-18-6-4-7-19-42)48-22-9-11-24-50(48)57)30-33-53(39)65(59(3)34-16-5-17-35-59)45-31-28-41(29-32-45)44-37-40(2)58-51(38-44)46-20-12-14-26-54(46)64(58)55-27-15-13-25-52(55)60(61,62)63/h4-16,18-33,36,38-40,53H,17,34-35,37H2,1-3H3. The maximum absolute atomic E-state index is 14.4. The lowest BCUT2D eigenvalue weighted by molar-refractivity contribution is -0.137. The van der Waals surface area contributed by atoms with Crippen molar-refractivity contribution in [1.82, 2.24) is 4.57 Å². The second-order valence-corrected chi connectivity index (χ2v) is 18.6. The smallest absolute Gasteiger partial charge is 0.359 e. The molecular formula is C60H51F3N2. The topological polar surface area (TPSA) is 8.17 Å². The minimum Gasteiger partial charge on any atom is -0.359 e. The fraction of sp³-hybridized carbons (Fsp3) is 0.200. The number of alkyl halides is 3. The number of hydrogen-bond donors (Lipinski definition) is 0. The van der Waals surface area contributed by atoms with E-state index in [1.165, 1.54) is 67.2 Å². The van der Waals surface area contributed by atoms with E-state index in [4.69, 9.17) is 0 Å². The molecule has 8 aromatic rings. The van der Waals surface area contributed by atoms with Crippen LogP contribution in [0, 0.1) is 5.92 Å². The van der Waals surface area contributed by atoms with Crippen LogP contribution in [0.3, 0.4) is 0 Å². The summed E-state index contributed by atoms with van der Waals surface area (Å²) in [5.41, 5.74) is 10.7. The van der Waals surface area contributed by atoms with Crippen molar-refractivity contribution < 1.29 is 13.2 Å². The van der Waals surface area contributed by atoms with Crippen LogP contribution in [0.5, 0.6) is 0 Å². The zero-order valence-corrected chi connectivity index (χ0v) is 37.0. The van der Waals surface area contributed by atoms with E-state index in [2.05, 4.69) is 165 Å². The number of rotatable bonds is 7. The van der Waals surface area contributed by atoms with Crippen molar-refractivity contribution in [2.24, 2.45) is 5.92 Å². The largest absolute Gasteiger partial charge is 0.418 e. The Morgan fingerprint density at radius 1 is 0.646 bits per heavy atom. The molecule has 0 saturated carbocycles. The maximum atomic E-state index is 14.4. The summed E-state index contributed by atoms with van der Waals surface area (Å²) in [5.74, 6) is 0.199. The van der Waals surface area contributed by atoms with Gasteiger partial charge in [-0.3, -0.25) is 0 Å². The number of nitrogens with zero attached hydrogens (tertiary/aromatic N) is 2. The number of hydrogen-bond acceptors (Lipinski definition) is 1. The molecule has 3 aliphatic rings. The van der Waals surface area contributed by atoms with Gasteiger partial charge in [-0.2, -0.15) is 13.2 Å². The highest BCUT2D eigenvalue weighted by molar-refractivity contribution is 6.19. The van der Waals surface area contributed by atoms with Crippen molar-refractivity contribution in [2.45, 2.75) is 70.1 Å². The Bertz CT molecular complexity index is 3200. The molecule has 0 N–H and O–H groups in total. The van der Waals surface area contributed by atoms with E-state index in [1.54, 1.807) is 12.1 Å². The predicted molar refractivity (Wildman–Crippen MR) is 266 cm³/mol. The van der Waals surface area contributed by atoms with E-state index < -0.39 is 11.7 Å². The third-order valence-corrected chi connectivity index (χ3v) is 14.4. The molecule has 5 heteroatoms. The third-order valence-electron chi connectivity index (χ3n) is 14.4. The van der Waals surface area contributed by atoms with Gasteiger partial charge in [0.1, 0.15) is 0 Å². The highest BCUT2D eigenvalue weighted by Crippen LogP contribution is 2.48. The second kappa shape index (κ2) is 16.0. The average molecular weight is 857 g/mol. The van der Waals surface area contributed by atoms with Crippen LogP contribution in [0.15, 0.2) is 182 Å². The molecule has 0 radical (unpaired) electrons. The average Bonchev–Trinajstić information content (AvgIpc) is 3.66. The molecule has 1 aromatic heterocycles. The summed E-state index contributed by atoms with van der Waals surface area (Å²) in [5, 5.41) is 6.00. The molecular weight excluding hydrogens is 806 g/mol. The summed E-state index contributed by atoms with van der Waals surface area (Å²) >= 11 is 0. The van der Waals surface area contributed by atoms with Gasteiger partial charge in [0.15, 0.2) is 0 Å². The number of fused-ring (bicyclic) bond motifs is 5. The van der Waals surface area contributed by atoms with Crippen LogP contribution in [0.2, 0.25) is 0 Å². The molecule has 4 unspecified atom stereocenters. The fourth-order valence-electron chi connectivity index (χ4n) is 11.5. The molecule has 0 saturated heterocycles. The van der Waals surface area contributed by atoms with Gasteiger partial charge in [-0.25, -0.2) is 0 Å². The SMILES string of the molecule is CC1CC(c2ccc(N(C3C=CC(c4c5ccccc5c(-c5ccccc5)c5ccccc45)=CC3C)C3(C)CC=CCC3)cc2)=Cc2c1n(-c1ccccc1C(F)(F)F)c1ccccc21. The van der Waals surface area contributed by atoms with Crippen LogP contribution < -0.4 is 4.90 Å². The first-order chi connectivity index (χ1) is 31.6. The zero-order chi connectivity index (χ0) is 44.5. The number of allylic oxidation sites excluding steroid dienone is 4. The van der Waals surface area contributed by atoms with Gasteiger partial charge < -0.3 is 9.47 Å². The van der Waals surface area contributed by atoms with E-state index in [-0.39, 0.29) is 29.1 Å². The van der Waals surface area contributed by atoms with Crippen LogP contribution in [0.25, 0.3) is 66.5 Å². The van der Waals surface area contributed by atoms with Crippen molar-refractivity contribution in [1.29, 1.82) is 0 Å². The fourth-order valence-corrected chi connectivity index (χ4v) is 11.5. The molecule has 1 heterocycles. The lowest BCUT2D eigenvalue weighted by atomic mass is 9.79. The Kier molecular flexibility index (Phi) is 10.1. The van der Waals surface area contributed by atoms with Crippen LogP contribution in [0.1, 0.15) is 80.3 Å². The zero-order valence-electron chi connectivity index (χ0n) is 37.0. The molecule has 4 atom stereocenters. The van der Waals surface area contributed by atoms with Gasteiger partial charge in [0.2, 0.25) is 0 Å². The summed E-state index contributed by atoms with van der Waals surface area (Å²) < 4.78 is 45.2. The van der Waals surface area contributed by atoms with Crippen molar-refractivity contribution in [3.63, 3.8) is 0 Å². The van der Waals surface area contributed by atoms with Gasteiger partial charge in [0, 0.05) is 33.8 Å². The Labute approximate surface area is 379 Å². The van der Waals surface area contributed by atoms with Gasteiger partial charge in [0.05, 0.1) is 22.8 Å². The van der Waals surface area contributed by atoms with E-state index in [0.717, 1.165) is 53.4 Å². The Morgan fingerprint density at radius 2 is 1.26 bits per heavy atom. The minimum absolute atomic E-state index is 0.0132. The minimum atomic E-state index is -4.48. The van der Waals surface area contributed by atoms with E-state index >= 15 is 0 Å². The van der Waals surface area contributed by atoms with Crippen LogP contribution >= 0.6 is 0 Å². The van der Waals surface area contributed by atoms with Crippen LogP contribution in [-0.2, 0) is 6.18 Å². The van der Waals surface area contributed by atoms with E-state index in [1.807, 2.05) is 28.8 Å². The molecule has 0 aliphatic heterocycles. The van der Waals surface area contributed by atoms with Crippen LogP contribution in [0.4, 0.5) is 18.9 Å². The summed E-state index contributed by atoms with van der Waals surface area (Å²) in [7, 11) is 0. The molecule has 0 fully saturated rings. The van der Waals surface area contributed by atoms with Crippen molar-refractivity contribution in [3.8, 4) is 16.8 Å². The Hall–Kier alpha value is -6.85. The Balaban J connectivity index is 0.969. The van der Waals surface area contributed by atoms with Crippen molar-refractivity contribution >= 4 is 55.4 Å². The van der Waals surface area contributed by atoms with Gasteiger partial charge in [0.25, 0.3) is 0 Å². The molecule has 0 spiro atoms. The second-order valence-electron chi connectivity index (χ2n) is 18.6. The van der Waals surface area contributed by atoms with E-state index in [9.17, 15) is 13.2 Å². The first kappa shape index (κ1) is 40.9. The summed E-state index contributed by atoms with van der Waals surface area (Å²) in [4.78, 5) is 2.69. The summed E-state index contributed by atoms with van der Waals surface area (Å²) in [6.45, 7) is 6.94. The Morgan fingerprint density at radius 3 is 1.91 bits per heavy atom. The first-order valence-corrected chi connectivity index (χ1v) is 23.0. The highest BCUT2D eigenvalue weighted by Gasteiger charge is 2.39. The number of benzene rings is 7. The lowest BCUT2D eigenvalue weighted by Crippen LogP contribution is -2.54. The van der Waals surface area contributed by atoms with E-state index in [0.29, 0.717) is 0 Å². The van der Waals surface area contributed by atoms with Gasteiger partial charge in [-0.1, -0.05) is 166 Å². The molecule has 322 valence electrons. The molecule has 2 nitrogen and oxygen atoms in total.